The quantitative estimate of drug-likeness (QED) is 0.691. The van der Waals surface area contributed by atoms with Crippen molar-refractivity contribution in [3.05, 3.63) is 48.3 Å². The number of aromatic nitrogens is 1. The predicted octanol–water partition coefficient (Wildman–Crippen LogP) is 4.11. The molecule has 0 aliphatic heterocycles. The van der Waals surface area contributed by atoms with Crippen LogP contribution in [0.5, 0.6) is 5.75 Å². The van der Waals surface area contributed by atoms with Gasteiger partial charge in [0, 0.05) is 10.9 Å². The summed E-state index contributed by atoms with van der Waals surface area (Å²) in [6.45, 7) is 0. The second-order valence-electron chi connectivity index (χ2n) is 3.90. The fraction of sp³-hybridized carbons (Fsp3) is 0.0714. The fourth-order valence-corrected chi connectivity index (χ4v) is 2.64. The predicted molar refractivity (Wildman–Crippen MR) is 71.6 cm³/mol. The van der Waals surface area contributed by atoms with E-state index in [2.05, 4.69) is 4.37 Å². The molecule has 18 heavy (non-hydrogen) atoms. The molecule has 1 heterocycles. The number of hydrogen-bond donors (Lipinski definition) is 0. The Bertz CT molecular complexity index is 691. The van der Waals surface area contributed by atoms with E-state index in [1.807, 2.05) is 24.3 Å². The van der Waals surface area contributed by atoms with Crippen LogP contribution in [0.4, 0.5) is 4.39 Å². The van der Waals surface area contributed by atoms with Crippen LogP contribution in [-0.4, -0.2) is 11.5 Å². The summed E-state index contributed by atoms with van der Waals surface area (Å²) in [7, 11) is 1.63. The summed E-state index contributed by atoms with van der Waals surface area (Å²) in [5.74, 6) is 0.557. The lowest BCUT2D eigenvalue weighted by atomic mass is 10.1. The number of rotatable bonds is 2. The molecule has 0 saturated heterocycles. The monoisotopic (exact) mass is 259 g/mol. The number of nitrogens with zero attached hydrogens (tertiary/aromatic N) is 1. The molecule has 0 fully saturated rings. The second kappa shape index (κ2) is 4.38. The van der Waals surface area contributed by atoms with Gasteiger partial charge in [-0.1, -0.05) is 0 Å². The average molecular weight is 259 g/mol. The summed E-state index contributed by atoms with van der Waals surface area (Å²) in [5, 5.41) is 0.852. The summed E-state index contributed by atoms with van der Waals surface area (Å²) in [4.78, 5) is 0. The van der Waals surface area contributed by atoms with Crippen molar-refractivity contribution in [1.29, 1.82) is 0 Å². The van der Waals surface area contributed by atoms with Crippen molar-refractivity contribution >= 4 is 21.6 Å². The van der Waals surface area contributed by atoms with E-state index in [9.17, 15) is 4.39 Å². The third-order valence-corrected chi connectivity index (χ3v) is 3.62. The largest absolute Gasteiger partial charge is 0.497 e. The van der Waals surface area contributed by atoms with Crippen LogP contribution in [0, 0.1) is 5.82 Å². The molecule has 3 rings (SSSR count). The topological polar surface area (TPSA) is 22.1 Å². The van der Waals surface area contributed by atoms with Gasteiger partial charge in [-0.3, -0.25) is 0 Å². The van der Waals surface area contributed by atoms with Crippen molar-refractivity contribution in [2.24, 2.45) is 0 Å². The molecular formula is C14H10FNOS. The molecule has 2 aromatic carbocycles. The zero-order valence-corrected chi connectivity index (χ0v) is 10.5. The van der Waals surface area contributed by atoms with Crippen molar-refractivity contribution in [3.63, 3.8) is 0 Å². The standard InChI is InChI=1S/C14H10FNOS/c1-17-11-5-2-9(3-6-11)14-12-8-10(15)4-7-13(12)18-16-14/h2-8H,1H3. The Kier molecular flexibility index (Phi) is 2.72. The number of halogens is 1. The Labute approximate surface area is 108 Å². The van der Waals surface area contributed by atoms with Crippen molar-refractivity contribution < 1.29 is 9.13 Å². The van der Waals surface area contributed by atoms with Crippen LogP contribution in [0.25, 0.3) is 21.3 Å². The van der Waals surface area contributed by atoms with E-state index in [0.29, 0.717) is 0 Å². The van der Waals surface area contributed by atoms with E-state index in [-0.39, 0.29) is 5.82 Å². The Morgan fingerprint density at radius 3 is 2.61 bits per heavy atom. The molecular weight excluding hydrogens is 249 g/mol. The van der Waals surface area contributed by atoms with E-state index in [0.717, 1.165) is 27.1 Å². The molecule has 0 atom stereocenters. The van der Waals surface area contributed by atoms with E-state index in [4.69, 9.17) is 4.74 Å². The molecule has 0 aliphatic rings. The molecule has 90 valence electrons. The third-order valence-electron chi connectivity index (χ3n) is 2.80. The van der Waals surface area contributed by atoms with E-state index in [1.165, 1.54) is 23.7 Å². The molecule has 0 spiro atoms. The van der Waals surface area contributed by atoms with Gasteiger partial charge >= 0.3 is 0 Å². The average Bonchev–Trinajstić information content (AvgIpc) is 2.82. The molecule has 0 aliphatic carbocycles. The Balaban J connectivity index is 2.15. The molecule has 0 unspecified atom stereocenters. The second-order valence-corrected chi connectivity index (χ2v) is 4.71. The van der Waals surface area contributed by atoms with Gasteiger partial charge in [0.25, 0.3) is 0 Å². The smallest absolute Gasteiger partial charge is 0.123 e. The van der Waals surface area contributed by atoms with Crippen LogP contribution in [-0.2, 0) is 0 Å². The maximum Gasteiger partial charge on any atom is 0.123 e. The highest BCUT2D eigenvalue weighted by molar-refractivity contribution is 7.13. The molecule has 0 amide bonds. The maximum absolute atomic E-state index is 13.3. The first-order valence-electron chi connectivity index (χ1n) is 5.47. The van der Waals surface area contributed by atoms with Crippen LogP contribution in [0.1, 0.15) is 0 Å². The number of benzene rings is 2. The lowest BCUT2D eigenvalue weighted by Gasteiger charge is -2.01. The lowest BCUT2D eigenvalue weighted by molar-refractivity contribution is 0.415. The Morgan fingerprint density at radius 1 is 1.11 bits per heavy atom. The third kappa shape index (κ3) is 1.84. The van der Waals surface area contributed by atoms with E-state index >= 15 is 0 Å². The zero-order valence-electron chi connectivity index (χ0n) is 9.68. The van der Waals surface area contributed by atoms with Gasteiger partial charge in [-0.25, -0.2) is 4.39 Å². The van der Waals surface area contributed by atoms with Gasteiger partial charge in [-0.2, -0.15) is 4.37 Å². The highest BCUT2D eigenvalue weighted by atomic mass is 32.1. The summed E-state index contributed by atoms with van der Waals surface area (Å²) in [5.41, 5.74) is 1.78. The van der Waals surface area contributed by atoms with Crippen molar-refractivity contribution in [2.45, 2.75) is 0 Å². The molecule has 4 heteroatoms. The van der Waals surface area contributed by atoms with Gasteiger partial charge in [0.2, 0.25) is 0 Å². The Morgan fingerprint density at radius 2 is 1.89 bits per heavy atom. The van der Waals surface area contributed by atoms with Crippen LogP contribution < -0.4 is 4.74 Å². The minimum Gasteiger partial charge on any atom is -0.497 e. The van der Waals surface area contributed by atoms with E-state index < -0.39 is 0 Å². The molecule has 0 N–H and O–H groups in total. The number of fused-ring (bicyclic) bond motifs is 1. The molecule has 0 radical (unpaired) electrons. The van der Waals surface area contributed by atoms with Crippen LogP contribution in [0.15, 0.2) is 42.5 Å². The minimum absolute atomic E-state index is 0.238. The molecule has 0 saturated carbocycles. The summed E-state index contributed by atoms with van der Waals surface area (Å²) >= 11 is 1.38. The van der Waals surface area contributed by atoms with E-state index in [1.54, 1.807) is 13.2 Å². The van der Waals surface area contributed by atoms with Crippen LogP contribution in [0.3, 0.4) is 0 Å². The van der Waals surface area contributed by atoms with Gasteiger partial charge in [0.1, 0.15) is 11.6 Å². The molecule has 0 bridgehead atoms. The SMILES string of the molecule is COc1ccc(-c2nsc3ccc(F)cc23)cc1. The van der Waals surface area contributed by atoms with Crippen molar-refractivity contribution in [1.82, 2.24) is 4.37 Å². The maximum atomic E-state index is 13.3. The summed E-state index contributed by atoms with van der Waals surface area (Å²) in [6, 6.07) is 12.3. The van der Waals surface area contributed by atoms with Crippen LogP contribution in [0.2, 0.25) is 0 Å². The van der Waals surface area contributed by atoms with Gasteiger partial charge in [0.15, 0.2) is 0 Å². The highest BCUT2D eigenvalue weighted by Gasteiger charge is 2.09. The number of hydrogen-bond acceptors (Lipinski definition) is 3. The van der Waals surface area contributed by atoms with Gasteiger partial charge in [-0.15, -0.1) is 0 Å². The molecule has 2 nitrogen and oxygen atoms in total. The lowest BCUT2D eigenvalue weighted by Crippen LogP contribution is -1.83. The first kappa shape index (κ1) is 11.2. The minimum atomic E-state index is -0.238. The van der Waals surface area contributed by atoms with Crippen LogP contribution >= 0.6 is 11.5 Å². The molecule has 1 aromatic heterocycles. The van der Waals surface area contributed by atoms with Gasteiger partial charge < -0.3 is 4.74 Å². The zero-order chi connectivity index (χ0) is 12.5. The van der Waals surface area contributed by atoms with Gasteiger partial charge in [-0.05, 0) is 54.0 Å². The molecule has 3 aromatic rings. The number of ether oxygens (including phenoxy) is 1. The first-order valence-corrected chi connectivity index (χ1v) is 6.24. The summed E-state index contributed by atoms with van der Waals surface area (Å²) in [6.07, 6.45) is 0. The summed E-state index contributed by atoms with van der Waals surface area (Å²) < 4.78 is 23.8. The normalized spacial score (nSPS) is 10.8. The fourth-order valence-electron chi connectivity index (χ4n) is 1.87. The van der Waals surface area contributed by atoms with Crippen molar-refractivity contribution in [2.75, 3.05) is 7.11 Å². The first-order chi connectivity index (χ1) is 8.78. The van der Waals surface area contributed by atoms with Crippen molar-refractivity contribution in [3.8, 4) is 17.0 Å². The highest BCUT2D eigenvalue weighted by Crippen LogP contribution is 2.32. The Hall–Kier alpha value is -1.94. The van der Waals surface area contributed by atoms with Gasteiger partial charge in [0.05, 0.1) is 17.5 Å². The number of methoxy groups -OCH3 is 1.